The zero-order valence-electron chi connectivity index (χ0n) is 16.1. The Labute approximate surface area is 161 Å². The van der Waals surface area contributed by atoms with E-state index in [1.54, 1.807) is 36.4 Å². The molecule has 0 saturated carbocycles. The summed E-state index contributed by atoms with van der Waals surface area (Å²) < 4.78 is 32.4. The van der Waals surface area contributed by atoms with E-state index < -0.39 is 10.0 Å². The van der Waals surface area contributed by atoms with Crippen LogP contribution in [0.25, 0.3) is 0 Å². The number of para-hydroxylation sites is 2. The predicted molar refractivity (Wildman–Crippen MR) is 107 cm³/mol. The smallest absolute Gasteiger partial charge is 0.240 e. The molecule has 146 valence electrons. The Bertz CT molecular complexity index is 885. The van der Waals surface area contributed by atoms with Crippen LogP contribution in [-0.4, -0.2) is 28.0 Å². The monoisotopic (exact) mass is 390 g/mol. The number of sulfonamides is 1. The van der Waals surface area contributed by atoms with Crippen molar-refractivity contribution in [3.05, 3.63) is 54.1 Å². The van der Waals surface area contributed by atoms with Crippen LogP contribution in [-0.2, 0) is 20.2 Å². The van der Waals surface area contributed by atoms with Crippen LogP contribution in [0.5, 0.6) is 5.75 Å². The van der Waals surface area contributed by atoms with Gasteiger partial charge in [-0.2, -0.15) is 0 Å². The summed E-state index contributed by atoms with van der Waals surface area (Å²) in [6.07, 6.45) is 0.0113. The second-order valence-corrected chi connectivity index (χ2v) is 8.94. The summed E-state index contributed by atoms with van der Waals surface area (Å²) >= 11 is 0. The third-order valence-corrected chi connectivity index (χ3v) is 5.53. The summed E-state index contributed by atoms with van der Waals surface area (Å²) in [5.74, 6) is 0.246. The van der Waals surface area contributed by atoms with Gasteiger partial charge in [0.15, 0.2) is 0 Å². The van der Waals surface area contributed by atoms with Gasteiger partial charge in [-0.25, -0.2) is 13.1 Å². The van der Waals surface area contributed by atoms with E-state index in [0.717, 1.165) is 5.56 Å². The Morgan fingerprint density at radius 1 is 1.04 bits per heavy atom. The van der Waals surface area contributed by atoms with Crippen LogP contribution in [0.1, 0.15) is 32.8 Å². The van der Waals surface area contributed by atoms with E-state index in [0.29, 0.717) is 11.4 Å². The Morgan fingerprint density at radius 2 is 1.67 bits per heavy atom. The first-order chi connectivity index (χ1) is 12.6. The molecule has 6 nitrogen and oxygen atoms in total. The number of anilines is 1. The van der Waals surface area contributed by atoms with Crippen LogP contribution in [0.3, 0.4) is 0 Å². The highest BCUT2D eigenvalue weighted by atomic mass is 32.2. The number of carbonyl (C=O) groups is 1. The summed E-state index contributed by atoms with van der Waals surface area (Å²) in [6.45, 7) is 6.20. The minimum atomic E-state index is -3.66. The number of hydrogen-bond acceptors (Lipinski definition) is 4. The van der Waals surface area contributed by atoms with Crippen LogP contribution in [0.15, 0.2) is 53.4 Å². The minimum absolute atomic E-state index is 0.00430. The number of amides is 1. The van der Waals surface area contributed by atoms with Gasteiger partial charge in [0, 0.05) is 13.0 Å². The lowest BCUT2D eigenvalue weighted by Crippen LogP contribution is -2.28. The Balaban J connectivity index is 1.92. The van der Waals surface area contributed by atoms with Gasteiger partial charge in [-0.3, -0.25) is 4.79 Å². The van der Waals surface area contributed by atoms with Crippen molar-refractivity contribution in [2.75, 3.05) is 19.0 Å². The van der Waals surface area contributed by atoms with Crippen LogP contribution in [0.4, 0.5) is 5.69 Å². The van der Waals surface area contributed by atoms with Crippen molar-refractivity contribution in [1.29, 1.82) is 0 Å². The number of hydrogen-bond donors (Lipinski definition) is 2. The Hall–Kier alpha value is -2.38. The quantitative estimate of drug-likeness (QED) is 0.760. The zero-order chi connectivity index (χ0) is 20.1. The molecular formula is C20H26N2O4S. The Morgan fingerprint density at radius 3 is 2.26 bits per heavy atom. The molecule has 0 aliphatic rings. The molecule has 7 heteroatoms. The molecule has 0 aromatic heterocycles. The van der Waals surface area contributed by atoms with E-state index in [2.05, 4.69) is 30.8 Å². The number of rotatable bonds is 7. The second kappa shape index (κ2) is 8.54. The molecule has 1 amide bonds. The first kappa shape index (κ1) is 20.9. The molecular weight excluding hydrogens is 364 g/mol. The van der Waals surface area contributed by atoms with E-state index >= 15 is 0 Å². The fourth-order valence-corrected chi connectivity index (χ4v) is 3.51. The largest absolute Gasteiger partial charge is 0.495 e. The average molecular weight is 391 g/mol. The van der Waals surface area contributed by atoms with Gasteiger partial charge in [-0.1, -0.05) is 45.0 Å². The van der Waals surface area contributed by atoms with Gasteiger partial charge in [0.25, 0.3) is 0 Å². The van der Waals surface area contributed by atoms with E-state index in [1.165, 1.54) is 7.11 Å². The molecule has 0 unspecified atom stereocenters. The highest BCUT2D eigenvalue weighted by molar-refractivity contribution is 7.89. The van der Waals surface area contributed by atoms with E-state index in [4.69, 9.17) is 4.74 Å². The zero-order valence-corrected chi connectivity index (χ0v) is 16.9. The molecule has 27 heavy (non-hydrogen) atoms. The van der Waals surface area contributed by atoms with Crippen molar-refractivity contribution in [2.24, 2.45) is 0 Å². The van der Waals surface area contributed by atoms with Gasteiger partial charge < -0.3 is 10.1 Å². The van der Waals surface area contributed by atoms with Crippen LogP contribution in [0.2, 0.25) is 0 Å². The Kier molecular flexibility index (Phi) is 6.62. The lowest BCUT2D eigenvalue weighted by Gasteiger charge is -2.19. The molecule has 0 spiro atoms. The number of carbonyl (C=O) groups excluding carboxylic acids is 1. The lowest BCUT2D eigenvalue weighted by atomic mass is 9.87. The molecule has 0 heterocycles. The van der Waals surface area contributed by atoms with Crippen molar-refractivity contribution in [2.45, 2.75) is 37.5 Å². The molecule has 0 bridgehead atoms. The van der Waals surface area contributed by atoms with Crippen molar-refractivity contribution < 1.29 is 17.9 Å². The maximum atomic E-state index is 12.4. The highest BCUT2D eigenvalue weighted by Gasteiger charge is 2.17. The molecule has 2 N–H and O–H groups in total. The van der Waals surface area contributed by atoms with E-state index in [1.807, 2.05) is 12.1 Å². The molecule has 0 aliphatic carbocycles. The van der Waals surface area contributed by atoms with Crippen LogP contribution >= 0.6 is 0 Å². The maximum Gasteiger partial charge on any atom is 0.240 e. The second-order valence-electron chi connectivity index (χ2n) is 7.17. The summed E-state index contributed by atoms with van der Waals surface area (Å²) in [6, 6.07) is 13.8. The van der Waals surface area contributed by atoms with Gasteiger partial charge >= 0.3 is 0 Å². The number of methoxy groups -OCH3 is 1. The summed E-state index contributed by atoms with van der Waals surface area (Å²) in [7, 11) is -2.14. The molecule has 2 aromatic carbocycles. The molecule has 2 rings (SSSR count). The molecule has 0 radical (unpaired) electrons. The van der Waals surface area contributed by atoms with E-state index in [9.17, 15) is 13.2 Å². The molecule has 0 atom stereocenters. The van der Waals surface area contributed by atoms with Crippen LogP contribution in [0, 0.1) is 0 Å². The fourth-order valence-electron chi connectivity index (χ4n) is 2.48. The van der Waals surface area contributed by atoms with Crippen molar-refractivity contribution in [1.82, 2.24) is 4.72 Å². The van der Waals surface area contributed by atoms with Gasteiger partial charge in [0.2, 0.25) is 15.9 Å². The number of nitrogens with one attached hydrogen (secondary N) is 2. The predicted octanol–water partition coefficient (Wildman–Crippen LogP) is 3.30. The van der Waals surface area contributed by atoms with Gasteiger partial charge in [0.05, 0.1) is 17.7 Å². The fraction of sp³-hybridized carbons (Fsp3) is 0.350. The number of ether oxygens (including phenoxy) is 1. The molecule has 0 fully saturated rings. The normalized spacial score (nSPS) is 11.9. The maximum absolute atomic E-state index is 12.4. The van der Waals surface area contributed by atoms with Crippen molar-refractivity contribution in [3.8, 4) is 5.75 Å². The van der Waals surface area contributed by atoms with Crippen LogP contribution < -0.4 is 14.8 Å². The SMILES string of the molecule is COc1ccccc1NC(=O)CCNS(=O)(=O)c1ccc(C(C)(C)C)cc1. The van der Waals surface area contributed by atoms with E-state index in [-0.39, 0.29) is 29.2 Å². The summed E-state index contributed by atoms with van der Waals surface area (Å²) in [5, 5.41) is 2.71. The summed E-state index contributed by atoms with van der Waals surface area (Å²) in [4.78, 5) is 12.2. The third kappa shape index (κ3) is 5.80. The number of benzene rings is 2. The molecule has 0 saturated heterocycles. The lowest BCUT2D eigenvalue weighted by molar-refractivity contribution is -0.116. The molecule has 2 aromatic rings. The van der Waals surface area contributed by atoms with Gasteiger partial charge in [0.1, 0.15) is 5.75 Å². The summed E-state index contributed by atoms with van der Waals surface area (Å²) in [5.41, 5.74) is 1.55. The average Bonchev–Trinajstić information content (AvgIpc) is 2.61. The van der Waals surface area contributed by atoms with Crippen molar-refractivity contribution in [3.63, 3.8) is 0 Å². The first-order valence-electron chi connectivity index (χ1n) is 8.66. The first-order valence-corrected chi connectivity index (χ1v) is 10.1. The molecule has 0 aliphatic heterocycles. The topological polar surface area (TPSA) is 84.5 Å². The third-order valence-electron chi connectivity index (χ3n) is 4.06. The highest BCUT2D eigenvalue weighted by Crippen LogP contribution is 2.24. The van der Waals surface area contributed by atoms with Gasteiger partial charge in [-0.15, -0.1) is 0 Å². The minimum Gasteiger partial charge on any atom is -0.495 e. The van der Waals surface area contributed by atoms with Gasteiger partial charge in [-0.05, 0) is 35.2 Å². The standard InChI is InChI=1S/C20H26N2O4S/c1-20(2,3)15-9-11-16(12-10-15)27(24,25)21-14-13-19(23)22-17-7-5-6-8-18(17)26-4/h5-12,21H,13-14H2,1-4H3,(H,22,23). The van der Waals surface area contributed by atoms with Crippen molar-refractivity contribution >= 4 is 21.6 Å².